The van der Waals surface area contributed by atoms with E-state index in [4.69, 9.17) is 0 Å². The van der Waals surface area contributed by atoms with Crippen LogP contribution in [0.25, 0.3) is 0 Å². The summed E-state index contributed by atoms with van der Waals surface area (Å²) < 4.78 is 26.1. The molecule has 1 aromatic rings. The first-order chi connectivity index (χ1) is 9.86. The SMILES string of the molecule is CC(C)CC1NC(=O)CN(Cc2ccc(F)c(F)c2)C1=O. The van der Waals surface area contributed by atoms with Crippen LogP contribution in [-0.4, -0.2) is 29.3 Å². The minimum Gasteiger partial charge on any atom is -0.343 e. The van der Waals surface area contributed by atoms with Crippen molar-refractivity contribution in [2.24, 2.45) is 5.92 Å². The molecule has 0 aliphatic carbocycles. The van der Waals surface area contributed by atoms with Gasteiger partial charge in [-0.05, 0) is 30.0 Å². The van der Waals surface area contributed by atoms with Crippen LogP contribution >= 0.6 is 0 Å². The predicted octanol–water partition coefficient (Wildman–Crippen LogP) is 1.84. The molecule has 1 aromatic carbocycles. The van der Waals surface area contributed by atoms with E-state index in [2.05, 4.69) is 5.32 Å². The number of carbonyl (C=O) groups excluding carboxylic acids is 2. The van der Waals surface area contributed by atoms with Crippen LogP contribution in [0.4, 0.5) is 8.78 Å². The summed E-state index contributed by atoms with van der Waals surface area (Å²) in [5.74, 6) is -2.04. The highest BCUT2D eigenvalue weighted by molar-refractivity contribution is 5.94. The highest BCUT2D eigenvalue weighted by Crippen LogP contribution is 2.16. The van der Waals surface area contributed by atoms with E-state index in [0.717, 1.165) is 12.1 Å². The van der Waals surface area contributed by atoms with E-state index in [1.165, 1.54) is 11.0 Å². The summed E-state index contributed by atoms with van der Waals surface area (Å²) in [5.41, 5.74) is 0.459. The first kappa shape index (κ1) is 15.4. The number of rotatable bonds is 4. The zero-order chi connectivity index (χ0) is 15.6. The van der Waals surface area contributed by atoms with Gasteiger partial charge in [-0.3, -0.25) is 9.59 Å². The quantitative estimate of drug-likeness (QED) is 0.921. The molecule has 0 saturated carbocycles. The molecule has 1 fully saturated rings. The van der Waals surface area contributed by atoms with E-state index >= 15 is 0 Å². The van der Waals surface area contributed by atoms with Crippen molar-refractivity contribution in [2.75, 3.05) is 6.54 Å². The lowest BCUT2D eigenvalue weighted by Crippen LogP contribution is -2.57. The minimum atomic E-state index is -0.958. The Hall–Kier alpha value is -1.98. The summed E-state index contributed by atoms with van der Waals surface area (Å²) in [4.78, 5) is 25.4. The number of piperazine rings is 1. The number of halogens is 2. The maximum Gasteiger partial charge on any atom is 0.245 e. The largest absolute Gasteiger partial charge is 0.343 e. The molecule has 21 heavy (non-hydrogen) atoms. The normalized spacial score (nSPS) is 19.1. The number of nitrogens with one attached hydrogen (secondary N) is 1. The van der Waals surface area contributed by atoms with Gasteiger partial charge in [-0.25, -0.2) is 8.78 Å². The fourth-order valence-electron chi connectivity index (χ4n) is 2.40. The van der Waals surface area contributed by atoms with Gasteiger partial charge in [-0.15, -0.1) is 0 Å². The number of nitrogens with zero attached hydrogens (tertiary/aromatic N) is 1. The number of hydrogen-bond acceptors (Lipinski definition) is 2. The van der Waals surface area contributed by atoms with E-state index in [1.54, 1.807) is 0 Å². The minimum absolute atomic E-state index is 0.0631. The van der Waals surface area contributed by atoms with Crippen molar-refractivity contribution in [1.29, 1.82) is 0 Å². The molecule has 1 aliphatic rings. The van der Waals surface area contributed by atoms with Gasteiger partial charge < -0.3 is 10.2 Å². The molecule has 2 amide bonds. The number of amides is 2. The van der Waals surface area contributed by atoms with Crippen LogP contribution in [0.3, 0.4) is 0 Å². The summed E-state index contributed by atoms with van der Waals surface area (Å²) in [6, 6.07) is 2.93. The fraction of sp³-hybridized carbons (Fsp3) is 0.467. The van der Waals surface area contributed by atoms with Gasteiger partial charge in [0.2, 0.25) is 11.8 Å². The molecular formula is C15H18F2N2O2. The van der Waals surface area contributed by atoms with Crippen molar-refractivity contribution < 1.29 is 18.4 Å². The summed E-state index contributed by atoms with van der Waals surface area (Å²) in [5, 5.41) is 2.67. The number of benzene rings is 1. The van der Waals surface area contributed by atoms with Gasteiger partial charge in [0.25, 0.3) is 0 Å². The molecule has 1 heterocycles. The van der Waals surface area contributed by atoms with Gasteiger partial charge in [0, 0.05) is 6.54 Å². The molecule has 114 valence electrons. The van der Waals surface area contributed by atoms with Crippen LogP contribution in [-0.2, 0) is 16.1 Å². The highest BCUT2D eigenvalue weighted by Gasteiger charge is 2.32. The Labute approximate surface area is 122 Å². The topological polar surface area (TPSA) is 49.4 Å². The van der Waals surface area contributed by atoms with E-state index in [-0.39, 0.29) is 30.8 Å². The summed E-state index contributed by atoms with van der Waals surface area (Å²) in [7, 11) is 0. The van der Waals surface area contributed by atoms with Crippen LogP contribution < -0.4 is 5.32 Å². The van der Waals surface area contributed by atoms with E-state index in [9.17, 15) is 18.4 Å². The van der Waals surface area contributed by atoms with Gasteiger partial charge in [0.15, 0.2) is 11.6 Å². The Bertz CT molecular complexity index is 561. The molecule has 1 N–H and O–H groups in total. The molecule has 0 spiro atoms. The molecule has 1 atom stereocenters. The molecule has 2 rings (SSSR count). The Morgan fingerprint density at radius 2 is 2.00 bits per heavy atom. The van der Waals surface area contributed by atoms with Gasteiger partial charge in [0.05, 0.1) is 6.54 Å². The van der Waals surface area contributed by atoms with Crippen LogP contribution in [0, 0.1) is 17.6 Å². The first-order valence-electron chi connectivity index (χ1n) is 6.89. The van der Waals surface area contributed by atoms with Crippen LogP contribution in [0.15, 0.2) is 18.2 Å². The summed E-state index contributed by atoms with van der Waals surface area (Å²) in [6.45, 7) is 3.96. The number of hydrogen-bond donors (Lipinski definition) is 1. The Morgan fingerprint density at radius 1 is 1.29 bits per heavy atom. The van der Waals surface area contributed by atoms with Crippen LogP contribution in [0.5, 0.6) is 0 Å². The van der Waals surface area contributed by atoms with Crippen molar-refractivity contribution in [1.82, 2.24) is 10.2 Å². The molecule has 0 radical (unpaired) electrons. The van der Waals surface area contributed by atoms with Gasteiger partial charge >= 0.3 is 0 Å². The lowest BCUT2D eigenvalue weighted by Gasteiger charge is -2.33. The van der Waals surface area contributed by atoms with Crippen molar-refractivity contribution in [3.63, 3.8) is 0 Å². The van der Waals surface area contributed by atoms with Crippen molar-refractivity contribution in [3.05, 3.63) is 35.4 Å². The molecule has 1 aliphatic heterocycles. The van der Waals surface area contributed by atoms with Crippen molar-refractivity contribution in [2.45, 2.75) is 32.9 Å². The van der Waals surface area contributed by atoms with E-state index in [0.29, 0.717) is 12.0 Å². The van der Waals surface area contributed by atoms with Crippen molar-refractivity contribution in [3.8, 4) is 0 Å². The number of carbonyl (C=O) groups is 2. The van der Waals surface area contributed by atoms with E-state index in [1.807, 2.05) is 13.8 Å². The third-order valence-corrected chi connectivity index (χ3v) is 3.34. The van der Waals surface area contributed by atoms with E-state index < -0.39 is 17.7 Å². The zero-order valence-corrected chi connectivity index (χ0v) is 12.0. The second-order valence-corrected chi connectivity index (χ2v) is 5.69. The molecule has 1 unspecified atom stereocenters. The first-order valence-corrected chi connectivity index (χ1v) is 6.89. The maximum absolute atomic E-state index is 13.2. The molecule has 1 saturated heterocycles. The highest BCUT2D eigenvalue weighted by atomic mass is 19.2. The molecule has 0 aromatic heterocycles. The predicted molar refractivity (Wildman–Crippen MR) is 73.2 cm³/mol. The fourth-order valence-corrected chi connectivity index (χ4v) is 2.40. The zero-order valence-electron chi connectivity index (χ0n) is 12.0. The smallest absolute Gasteiger partial charge is 0.245 e. The van der Waals surface area contributed by atoms with Gasteiger partial charge in [-0.2, -0.15) is 0 Å². The van der Waals surface area contributed by atoms with Crippen LogP contribution in [0.2, 0.25) is 0 Å². The van der Waals surface area contributed by atoms with Crippen LogP contribution in [0.1, 0.15) is 25.8 Å². The average molecular weight is 296 g/mol. The lowest BCUT2D eigenvalue weighted by molar-refractivity contribution is -0.145. The Morgan fingerprint density at radius 3 is 2.62 bits per heavy atom. The monoisotopic (exact) mass is 296 g/mol. The third-order valence-electron chi connectivity index (χ3n) is 3.34. The summed E-state index contributed by atoms with van der Waals surface area (Å²) >= 11 is 0. The lowest BCUT2D eigenvalue weighted by atomic mass is 10.0. The summed E-state index contributed by atoms with van der Waals surface area (Å²) in [6.07, 6.45) is 0.554. The molecule has 4 nitrogen and oxygen atoms in total. The molecule has 0 bridgehead atoms. The second-order valence-electron chi connectivity index (χ2n) is 5.69. The second kappa shape index (κ2) is 6.20. The maximum atomic E-state index is 13.2. The standard InChI is InChI=1S/C15H18F2N2O2/c1-9(2)5-13-15(21)19(8-14(20)18-13)7-10-3-4-11(16)12(17)6-10/h3-4,6,9,13H,5,7-8H2,1-2H3,(H,18,20). The Balaban J connectivity index is 2.12. The van der Waals surface area contributed by atoms with Crippen molar-refractivity contribution >= 4 is 11.8 Å². The van der Waals surface area contributed by atoms with Gasteiger partial charge in [0.1, 0.15) is 6.04 Å². The third kappa shape index (κ3) is 3.77. The molecule has 6 heteroatoms. The Kier molecular flexibility index (Phi) is 4.55. The average Bonchev–Trinajstić information content (AvgIpc) is 2.39. The van der Waals surface area contributed by atoms with Gasteiger partial charge in [-0.1, -0.05) is 19.9 Å². The molecular weight excluding hydrogens is 278 g/mol.